The molecular formula is C16H25Cl2NTi. The third-order valence-corrected chi connectivity index (χ3v) is 1.76. The summed E-state index contributed by atoms with van der Waals surface area (Å²) in [5.41, 5.74) is 8.04. The number of halogens is 2. The van der Waals surface area contributed by atoms with Crippen LogP contribution in [0.15, 0.2) is 36.4 Å². The van der Waals surface area contributed by atoms with Crippen molar-refractivity contribution in [3.8, 4) is 0 Å². The van der Waals surface area contributed by atoms with Crippen LogP contribution < -0.4 is 0 Å². The molecule has 0 saturated heterocycles. The molecule has 2 aromatic carbocycles. The molecule has 0 atom stereocenters. The Bertz CT molecular complexity index is 408. The molecule has 1 N–H and O–H groups in total. The minimum atomic E-state index is -0.556. The molecule has 0 radical (unpaired) electrons. The molecule has 1 nitrogen and oxygen atoms in total. The van der Waals surface area contributed by atoms with Crippen molar-refractivity contribution < 1.29 is 17.0 Å². The van der Waals surface area contributed by atoms with Gasteiger partial charge in [0.15, 0.2) is 0 Å². The number of nitrogens with one attached hydrogen (secondary N) is 1. The predicted molar refractivity (Wildman–Crippen MR) is 92.9 cm³/mol. The number of hydrogen-bond donors (Lipinski definition) is 0. The summed E-state index contributed by atoms with van der Waals surface area (Å²) in [6.45, 7) is 7.69. The molecule has 0 fully saturated rings. The van der Waals surface area contributed by atoms with E-state index in [1.807, 2.05) is 20.8 Å². The molecule has 112 valence electrons. The summed E-state index contributed by atoms with van der Waals surface area (Å²) in [5.74, 6) is 0. The minimum absolute atomic E-state index is 0. The first-order valence-electron chi connectivity index (χ1n) is 5.61. The van der Waals surface area contributed by atoms with Crippen LogP contribution in [0.5, 0.6) is 0 Å². The second kappa shape index (κ2) is 12.8. The van der Waals surface area contributed by atoms with Gasteiger partial charge in [-0.15, -0.1) is 46.1 Å². The first-order chi connectivity index (χ1) is 8.27. The van der Waals surface area contributed by atoms with Crippen LogP contribution in [0.25, 0.3) is 16.5 Å². The van der Waals surface area contributed by atoms with Crippen LogP contribution in [0.4, 0.5) is 0 Å². The fraction of sp³-hybridized carbons (Fsp3) is 0.312. The standard InChI is InChI=1S/C10H9.C4H10N.2CH3.2ClH.Ti/c1-8-6-9-4-2-3-5-10(9)7-8;1-4(2,3)5;;;;;/h2-7H,1H3;5H,1-3H3;2*1H3;2*1H;/q4*-1;;;+6/p-2. The number of benzene rings is 1. The van der Waals surface area contributed by atoms with E-state index in [9.17, 15) is 0 Å². The van der Waals surface area contributed by atoms with Crippen molar-refractivity contribution in [3.63, 3.8) is 0 Å². The molecule has 20 heavy (non-hydrogen) atoms. The number of aryl methyl sites for hydroxylation is 1. The normalized spacial score (nSPS) is 9.35. The molecule has 0 aromatic heterocycles. The van der Waals surface area contributed by atoms with Gasteiger partial charge < -0.3 is 20.6 Å². The summed E-state index contributed by atoms with van der Waals surface area (Å²) in [5, 5.41) is 2.69. The maximum absolute atomic E-state index is 6.94. The van der Waals surface area contributed by atoms with Crippen LogP contribution in [0.3, 0.4) is 0 Å². The van der Waals surface area contributed by atoms with Gasteiger partial charge in [0.05, 0.1) is 0 Å². The zero-order chi connectivity index (χ0) is 14.2. The molecule has 0 bridgehead atoms. The zero-order valence-electron chi connectivity index (χ0n) is 13.2. The molecule has 0 aliphatic rings. The molecule has 0 saturated carbocycles. The van der Waals surface area contributed by atoms with Crippen molar-refractivity contribution in [2.75, 3.05) is 0 Å². The summed E-state index contributed by atoms with van der Waals surface area (Å²) in [7, 11) is 9.78. The summed E-state index contributed by atoms with van der Waals surface area (Å²) >= 11 is -0.556. The Morgan fingerprint density at radius 2 is 1.50 bits per heavy atom. The fourth-order valence-electron chi connectivity index (χ4n) is 1.31. The Morgan fingerprint density at radius 3 is 1.90 bits per heavy atom. The second-order valence-corrected chi connectivity index (χ2v) is 7.56. The SMILES string of the molecule is CC(C)(C)[NH-].Cc1cc2ccccc2[cH-]1.[CH3-].[CH3-].[Cl][Ti+4][Cl]. The summed E-state index contributed by atoms with van der Waals surface area (Å²) < 4.78 is 0. The fourth-order valence-corrected chi connectivity index (χ4v) is 1.31. The van der Waals surface area contributed by atoms with E-state index in [4.69, 9.17) is 24.3 Å². The van der Waals surface area contributed by atoms with Crippen molar-refractivity contribution >= 4 is 29.4 Å². The number of fused-ring (bicyclic) bond motifs is 1. The van der Waals surface area contributed by atoms with Gasteiger partial charge in [-0.05, 0) is 0 Å². The van der Waals surface area contributed by atoms with Gasteiger partial charge in [-0.25, -0.2) is 0 Å². The third-order valence-electron chi connectivity index (χ3n) is 1.76. The Labute approximate surface area is 141 Å². The van der Waals surface area contributed by atoms with Gasteiger partial charge in [-0.2, -0.15) is 6.07 Å². The van der Waals surface area contributed by atoms with E-state index >= 15 is 0 Å². The van der Waals surface area contributed by atoms with Crippen molar-refractivity contribution in [1.29, 1.82) is 0 Å². The van der Waals surface area contributed by atoms with Crippen LogP contribution >= 0.6 is 18.6 Å². The topological polar surface area (TPSA) is 23.8 Å². The average molecular weight is 350 g/mol. The van der Waals surface area contributed by atoms with Crippen molar-refractivity contribution in [2.45, 2.75) is 33.2 Å². The molecule has 0 amide bonds. The Balaban J connectivity index is -0.000000252. The van der Waals surface area contributed by atoms with E-state index in [-0.39, 0.29) is 20.4 Å². The van der Waals surface area contributed by atoms with E-state index in [1.54, 1.807) is 0 Å². The maximum atomic E-state index is 6.94. The zero-order valence-corrected chi connectivity index (χ0v) is 16.3. The molecule has 4 heteroatoms. The predicted octanol–water partition coefficient (Wildman–Crippen LogP) is 6.98. The first-order valence-corrected chi connectivity index (χ1v) is 9.91. The quantitative estimate of drug-likeness (QED) is 0.361. The van der Waals surface area contributed by atoms with E-state index in [0.717, 1.165) is 0 Å². The van der Waals surface area contributed by atoms with Gasteiger partial charge in [0, 0.05) is 0 Å². The van der Waals surface area contributed by atoms with E-state index in [2.05, 4.69) is 43.3 Å². The molecule has 2 aromatic rings. The monoisotopic (exact) mass is 349 g/mol. The van der Waals surface area contributed by atoms with Gasteiger partial charge in [0.1, 0.15) is 0 Å². The molecule has 0 heterocycles. The molecule has 2 rings (SSSR count). The number of hydrogen-bond acceptors (Lipinski definition) is 0. The van der Waals surface area contributed by atoms with E-state index in [0.29, 0.717) is 0 Å². The Morgan fingerprint density at radius 1 is 1.10 bits per heavy atom. The van der Waals surface area contributed by atoms with Crippen molar-refractivity contribution in [1.82, 2.24) is 0 Å². The summed E-state index contributed by atoms with van der Waals surface area (Å²) in [6, 6.07) is 12.8. The third kappa shape index (κ3) is 14.5. The van der Waals surface area contributed by atoms with E-state index < -0.39 is 17.0 Å². The summed E-state index contributed by atoms with van der Waals surface area (Å²) in [6.07, 6.45) is 0. The molecule has 0 spiro atoms. The van der Waals surface area contributed by atoms with Gasteiger partial charge in [-0.1, -0.05) is 33.8 Å². The van der Waals surface area contributed by atoms with E-state index in [1.165, 1.54) is 16.3 Å². The van der Waals surface area contributed by atoms with Crippen molar-refractivity contribution in [3.05, 3.63) is 62.5 Å². The van der Waals surface area contributed by atoms with Crippen LogP contribution in [0, 0.1) is 21.8 Å². The molecular weight excluding hydrogens is 325 g/mol. The van der Waals surface area contributed by atoms with Crippen LogP contribution in [-0.2, 0) is 17.0 Å². The first kappa shape index (κ1) is 25.1. The average Bonchev–Trinajstić information content (AvgIpc) is 2.56. The Hall–Kier alpha value is 0.0843. The van der Waals surface area contributed by atoms with Crippen LogP contribution in [0.2, 0.25) is 0 Å². The molecule has 0 aliphatic heterocycles. The molecule has 0 unspecified atom stereocenters. The van der Waals surface area contributed by atoms with Gasteiger partial charge in [0.2, 0.25) is 0 Å². The van der Waals surface area contributed by atoms with Gasteiger partial charge in [0.25, 0.3) is 0 Å². The van der Waals surface area contributed by atoms with Gasteiger partial charge in [-0.3, -0.25) is 0 Å². The van der Waals surface area contributed by atoms with Crippen LogP contribution in [-0.4, -0.2) is 5.54 Å². The van der Waals surface area contributed by atoms with Crippen molar-refractivity contribution in [2.24, 2.45) is 0 Å². The second-order valence-electron chi connectivity index (χ2n) is 4.98. The van der Waals surface area contributed by atoms with Gasteiger partial charge >= 0.3 is 35.6 Å². The summed E-state index contributed by atoms with van der Waals surface area (Å²) in [4.78, 5) is 0. The number of rotatable bonds is 0. The Kier molecular flexibility index (Phi) is 16.0. The molecule has 0 aliphatic carbocycles. The van der Waals surface area contributed by atoms with Crippen LogP contribution in [0.1, 0.15) is 26.3 Å².